The number of amides is 1. The molecule has 138 valence electrons. The minimum Gasteiger partial charge on any atom is -0.299 e. The van der Waals surface area contributed by atoms with Crippen molar-refractivity contribution in [2.75, 3.05) is 4.90 Å². The molecule has 0 fully saturated rings. The number of nitrogens with zero attached hydrogens (tertiary/aromatic N) is 2. The van der Waals surface area contributed by atoms with Crippen LogP contribution in [-0.2, 0) is 11.3 Å². The summed E-state index contributed by atoms with van der Waals surface area (Å²) in [4.78, 5) is 27.7. The van der Waals surface area contributed by atoms with Crippen LogP contribution in [0.3, 0.4) is 0 Å². The average Bonchev–Trinajstić information content (AvgIpc) is 2.73. The monoisotopic (exact) mass is 368 g/mol. The first-order valence-corrected chi connectivity index (χ1v) is 9.17. The number of fused-ring (bicyclic) bond motifs is 1. The predicted molar refractivity (Wildman–Crippen MR) is 113 cm³/mol. The molecule has 0 unspecified atom stereocenters. The highest BCUT2D eigenvalue weighted by Crippen LogP contribution is 2.26. The number of carbonyl (C=O) groups is 1. The Morgan fingerprint density at radius 2 is 1.36 bits per heavy atom. The molecule has 0 bridgehead atoms. The first-order chi connectivity index (χ1) is 13.6. The van der Waals surface area contributed by atoms with Gasteiger partial charge in [-0.3, -0.25) is 19.1 Å². The van der Waals surface area contributed by atoms with Crippen LogP contribution in [-0.4, -0.2) is 10.5 Å². The SMILES string of the molecule is Cc1cc(=O)n(CC(=O)N(c2ccccc2)c2ccccc2)c2ccccc12. The lowest BCUT2D eigenvalue weighted by molar-refractivity contribution is -0.118. The van der Waals surface area contributed by atoms with Crippen molar-refractivity contribution < 1.29 is 4.79 Å². The molecule has 0 atom stereocenters. The lowest BCUT2D eigenvalue weighted by Crippen LogP contribution is -2.33. The van der Waals surface area contributed by atoms with Gasteiger partial charge >= 0.3 is 0 Å². The third-order valence-corrected chi connectivity index (χ3v) is 4.80. The molecule has 1 aromatic heterocycles. The number of anilines is 2. The number of aryl methyl sites for hydroxylation is 1. The number of benzene rings is 3. The van der Waals surface area contributed by atoms with E-state index >= 15 is 0 Å². The number of carbonyl (C=O) groups excluding carboxylic acids is 1. The van der Waals surface area contributed by atoms with Crippen molar-refractivity contribution in [3.05, 3.63) is 107 Å². The Balaban J connectivity index is 1.80. The maximum absolute atomic E-state index is 13.4. The van der Waals surface area contributed by atoms with Crippen LogP contribution in [0.4, 0.5) is 11.4 Å². The van der Waals surface area contributed by atoms with Crippen molar-refractivity contribution in [1.82, 2.24) is 4.57 Å². The van der Waals surface area contributed by atoms with Crippen molar-refractivity contribution >= 4 is 28.2 Å². The molecule has 0 aliphatic heterocycles. The third-order valence-electron chi connectivity index (χ3n) is 4.80. The second-order valence-electron chi connectivity index (χ2n) is 6.67. The summed E-state index contributed by atoms with van der Waals surface area (Å²) in [6.07, 6.45) is 0. The summed E-state index contributed by atoms with van der Waals surface area (Å²) in [7, 11) is 0. The van der Waals surface area contributed by atoms with E-state index in [1.807, 2.05) is 91.9 Å². The van der Waals surface area contributed by atoms with E-state index in [4.69, 9.17) is 0 Å². The number of rotatable bonds is 4. The van der Waals surface area contributed by atoms with Crippen molar-refractivity contribution in [3.8, 4) is 0 Å². The summed E-state index contributed by atoms with van der Waals surface area (Å²) in [5.74, 6) is -0.173. The number of para-hydroxylation sites is 3. The Morgan fingerprint density at radius 3 is 1.96 bits per heavy atom. The van der Waals surface area contributed by atoms with Crippen LogP contribution in [0.2, 0.25) is 0 Å². The number of aromatic nitrogens is 1. The maximum Gasteiger partial charge on any atom is 0.251 e. The summed E-state index contributed by atoms with van der Waals surface area (Å²) >= 11 is 0. The molecule has 1 heterocycles. The summed E-state index contributed by atoms with van der Waals surface area (Å²) in [6, 6.07) is 28.2. The number of hydrogen-bond donors (Lipinski definition) is 0. The fraction of sp³-hybridized carbons (Fsp3) is 0.0833. The molecule has 4 nitrogen and oxygen atoms in total. The molecule has 0 aliphatic rings. The predicted octanol–water partition coefficient (Wildman–Crippen LogP) is 4.67. The average molecular weight is 368 g/mol. The molecule has 4 aromatic rings. The quantitative estimate of drug-likeness (QED) is 0.525. The molecule has 3 aromatic carbocycles. The topological polar surface area (TPSA) is 42.3 Å². The van der Waals surface area contributed by atoms with Gasteiger partial charge in [-0.05, 0) is 42.8 Å². The zero-order chi connectivity index (χ0) is 19.5. The van der Waals surface area contributed by atoms with Crippen molar-refractivity contribution in [1.29, 1.82) is 0 Å². The molecule has 4 rings (SSSR count). The van der Waals surface area contributed by atoms with Gasteiger partial charge in [0.25, 0.3) is 11.5 Å². The second kappa shape index (κ2) is 7.53. The van der Waals surface area contributed by atoms with Gasteiger partial charge in [0.2, 0.25) is 0 Å². The van der Waals surface area contributed by atoms with E-state index in [9.17, 15) is 9.59 Å². The maximum atomic E-state index is 13.4. The lowest BCUT2D eigenvalue weighted by Gasteiger charge is -2.24. The fourth-order valence-electron chi connectivity index (χ4n) is 3.46. The van der Waals surface area contributed by atoms with Crippen LogP contribution in [0.15, 0.2) is 95.8 Å². The van der Waals surface area contributed by atoms with Gasteiger partial charge in [-0.2, -0.15) is 0 Å². The number of pyridine rings is 1. The Morgan fingerprint density at radius 1 is 0.821 bits per heavy atom. The lowest BCUT2D eigenvalue weighted by atomic mass is 10.1. The van der Waals surface area contributed by atoms with Crippen molar-refractivity contribution in [2.24, 2.45) is 0 Å². The van der Waals surface area contributed by atoms with Gasteiger partial charge in [-0.15, -0.1) is 0 Å². The first kappa shape index (κ1) is 17.7. The van der Waals surface area contributed by atoms with E-state index in [2.05, 4.69) is 0 Å². The van der Waals surface area contributed by atoms with Crippen LogP contribution < -0.4 is 10.5 Å². The van der Waals surface area contributed by atoms with E-state index in [1.165, 1.54) is 0 Å². The largest absolute Gasteiger partial charge is 0.299 e. The van der Waals surface area contributed by atoms with E-state index in [-0.39, 0.29) is 18.0 Å². The van der Waals surface area contributed by atoms with Crippen molar-refractivity contribution in [2.45, 2.75) is 13.5 Å². The molecule has 0 spiro atoms. The van der Waals surface area contributed by atoms with Gasteiger partial charge < -0.3 is 0 Å². The van der Waals surface area contributed by atoms with Gasteiger partial charge in [-0.25, -0.2) is 0 Å². The van der Waals surface area contributed by atoms with Gasteiger partial charge in [0, 0.05) is 22.8 Å². The highest BCUT2D eigenvalue weighted by atomic mass is 16.2. The van der Waals surface area contributed by atoms with Gasteiger partial charge in [0.05, 0.1) is 5.52 Å². The van der Waals surface area contributed by atoms with Gasteiger partial charge in [0.1, 0.15) is 6.54 Å². The van der Waals surface area contributed by atoms with Crippen LogP contribution in [0.5, 0.6) is 0 Å². The van der Waals surface area contributed by atoms with Crippen LogP contribution >= 0.6 is 0 Å². The first-order valence-electron chi connectivity index (χ1n) is 9.17. The Labute approximate surface area is 163 Å². The Bertz CT molecular complexity index is 1140. The smallest absolute Gasteiger partial charge is 0.251 e. The summed E-state index contributed by atoms with van der Waals surface area (Å²) in [6.45, 7) is 1.87. The minimum atomic E-state index is -0.175. The molecule has 0 aliphatic carbocycles. The molecule has 0 saturated heterocycles. The highest BCUT2D eigenvalue weighted by Gasteiger charge is 2.19. The molecule has 0 saturated carbocycles. The zero-order valence-electron chi connectivity index (χ0n) is 15.6. The van der Waals surface area contributed by atoms with E-state index in [0.29, 0.717) is 0 Å². The van der Waals surface area contributed by atoms with E-state index in [1.54, 1.807) is 15.5 Å². The van der Waals surface area contributed by atoms with Gasteiger partial charge in [0.15, 0.2) is 0 Å². The van der Waals surface area contributed by atoms with Gasteiger partial charge in [-0.1, -0.05) is 54.6 Å². The molecule has 1 amide bonds. The standard InChI is InChI=1S/C24H20N2O2/c1-18-16-23(27)25(22-15-9-8-14-21(18)22)17-24(28)26(19-10-4-2-5-11-19)20-12-6-3-7-13-20/h2-16H,17H2,1H3. The second-order valence-corrected chi connectivity index (χ2v) is 6.67. The molecule has 0 radical (unpaired) electrons. The van der Waals surface area contributed by atoms with E-state index in [0.717, 1.165) is 27.8 Å². The van der Waals surface area contributed by atoms with Crippen molar-refractivity contribution in [3.63, 3.8) is 0 Å². The molecular formula is C24H20N2O2. The zero-order valence-corrected chi connectivity index (χ0v) is 15.6. The highest BCUT2D eigenvalue weighted by molar-refractivity contribution is 6.01. The molecule has 28 heavy (non-hydrogen) atoms. The fourth-order valence-corrected chi connectivity index (χ4v) is 3.46. The molecule has 0 N–H and O–H groups in total. The minimum absolute atomic E-state index is 0.0383. The summed E-state index contributed by atoms with van der Waals surface area (Å²) in [5, 5.41) is 0.973. The summed E-state index contributed by atoms with van der Waals surface area (Å²) in [5.41, 5.74) is 3.03. The van der Waals surface area contributed by atoms with Crippen LogP contribution in [0.1, 0.15) is 5.56 Å². The normalized spacial score (nSPS) is 10.8. The van der Waals surface area contributed by atoms with E-state index < -0.39 is 0 Å². The third kappa shape index (κ3) is 3.32. The molecule has 4 heteroatoms. The van der Waals surface area contributed by atoms with Crippen LogP contribution in [0, 0.1) is 6.92 Å². The van der Waals surface area contributed by atoms with Crippen LogP contribution in [0.25, 0.3) is 10.9 Å². The number of hydrogen-bond acceptors (Lipinski definition) is 2. The Kier molecular flexibility index (Phi) is 4.77. The Hall–Kier alpha value is -3.66. The summed E-state index contributed by atoms with van der Waals surface area (Å²) < 4.78 is 1.55. The molecular weight excluding hydrogens is 348 g/mol.